The van der Waals surface area contributed by atoms with E-state index in [1.54, 1.807) is 0 Å². The predicted molar refractivity (Wildman–Crippen MR) is 75.1 cm³/mol. The van der Waals surface area contributed by atoms with Crippen molar-refractivity contribution in [3.8, 4) is 0 Å². The molecular formula is C13H23N3O5. The van der Waals surface area contributed by atoms with Crippen LogP contribution in [0, 0.1) is 5.92 Å². The molecular weight excluding hydrogens is 278 g/mol. The Bertz CT molecular complexity index is 409. The molecule has 0 rings (SSSR count). The molecule has 3 amide bonds. The third-order valence-electron chi connectivity index (χ3n) is 2.71. The van der Waals surface area contributed by atoms with Crippen LogP contribution in [0.5, 0.6) is 0 Å². The highest BCUT2D eigenvalue weighted by atomic mass is 16.4. The van der Waals surface area contributed by atoms with Gasteiger partial charge in [0.05, 0.1) is 0 Å². The number of primary amides is 1. The minimum absolute atomic E-state index is 0.0924. The molecule has 0 aromatic heterocycles. The number of carbonyl (C=O) groups is 4. The summed E-state index contributed by atoms with van der Waals surface area (Å²) in [5.74, 6) is -2.66. The van der Waals surface area contributed by atoms with Gasteiger partial charge in [0.2, 0.25) is 17.7 Å². The van der Waals surface area contributed by atoms with Gasteiger partial charge < -0.3 is 21.5 Å². The Morgan fingerprint density at radius 2 is 1.67 bits per heavy atom. The summed E-state index contributed by atoms with van der Waals surface area (Å²) in [5, 5.41) is 13.5. The second-order valence-electron chi connectivity index (χ2n) is 5.28. The van der Waals surface area contributed by atoms with E-state index in [-0.39, 0.29) is 24.7 Å². The highest BCUT2D eigenvalue weighted by molar-refractivity contribution is 5.91. The zero-order valence-electron chi connectivity index (χ0n) is 12.5. The van der Waals surface area contributed by atoms with E-state index in [1.807, 2.05) is 13.8 Å². The van der Waals surface area contributed by atoms with Crippen molar-refractivity contribution in [1.29, 1.82) is 0 Å². The topological polar surface area (TPSA) is 139 Å². The zero-order chi connectivity index (χ0) is 16.6. The number of hydrogen-bond donors (Lipinski definition) is 4. The highest BCUT2D eigenvalue weighted by Crippen LogP contribution is 2.06. The van der Waals surface area contributed by atoms with E-state index in [9.17, 15) is 19.2 Å². The first-order chi connectivity index (χ1) is 9.63. The number of hydrogen-bond acceptors (Lipinski definition) is 4. The van der Waals surface area contributed by atoms with Crippen LogP contribution in [0.2, 0.25) is 0 Å². The summed E-state index contributed by atoms with van der Waals surface area (Å²) < 4.78 is 0. The van der Waals surface area contributed by atoms with Crippen LogP contribution in [0.25, 0.3) is 0 Å². The molecule has 0 aliphatic carbocycles. The fourth-order valence-electron chi connectivity index (χ4n) is 1.77. The Hall–Kier alpha value is -2.12. The van der Waals surface area contributed by atoms with Crippen LogP contribution in [0.1, 0.15) is 40.0 Å². The summed E-state index contributed by atoms with van der Waals surface area (Å²) in [6.07, 6.45) is 0.0174. The summed E-state index contributed by atoms with van der Waals surface area (Å²) in [5.41, 5.74) is 5.14. The maximum absolute atomic E-state index is 12.1. The Labute approximate surface area is 123 Å². The first-order valence-electron chi connectivity index (χ1n) is 6.72. The van der Waals surface area contributed by atoms with Gasteiger partial charge in [0.15, 0.2) is 0 Å². The number of amides is 3. The predicted octanol–water partition coefficient (Wildman–Crippen LogP) is -0.628. The van der Waals surface area contributed by atoms with E-state index in [4.69, 9.17) is 10.8 Å². The monoisotopic (exact) mass is 301 g/mol. The molecule has 0 aromatic carbocycles. The molecule has 8 nitrogen and oxygen atoms in total. The maximum atomic E-state index is 12.1. The van der Waals surface area contributed by atoms with Crippen LogP contribution >= 0.6 is 0 Å². The minimum atomic E-state index is -1.09. The number of aliphatic carboxylic acids is 1. The third kappa shape index (κ3) is 8.61. The molecule has 0 aliphatic heterocycles. The van der Waals surface area contributed by atoms with Gasteiger partial charge in [-0.2, -0.15) is 0 Å². The van der Waals surface area contributed by atoms with E-state index in [0.29, 0.717) is 6.42 Å². The van der Waals surface area contributed by atoms with Crippen molar-refractivity contribution < 1.29 is 24.3 Å². The molecule has 8 heteroatoms. The first-order valence-corrected chi connectivity index (χ1v) is 6.72. The maximum Gasteiger partial charge on any atom is 0.303 e. The molecule has 0 saturated carbocycles. The van der Waals surface area contributed by atoms with Gasteiger partial charge in [0, 0.05) is 13.3 Å². The number of nitrogens with two attached hydrogens (primary N) is 1. The average molecular weight is 301 g/mol. The van der Waals surface area contributed by atoms with Crippen molar-refractivity contribution in [3.63, 3.8) is 0 Å². The van der Waals surface area contributed by atoms with Gasteiger partial charge in [-0.25, -0.2) is 0 Å². The van der Waals surface area contributed by atoms with E-state index >= 15 is 0 Å². The van der Waals surface area contributed by atoms with Crippen molar-refractivity contribution in [1.82, 2.24) is 10.6 Å². The normalized spacial score (nSPS) is 13.3. The summed E-state index contributed by atoms with van der Waals surface area (Å²) in [6, 6.07) is -1.86. The number of carbonyl (C=O) groups excluding carboxylic acids is 3. The molecule has 21 heavy (non-hydrogen) atoms. The summed E-state index contributed by atoms with van der Waals surface area (Å²) in [4.78, 5) is 45.0. The smallest absolute Gasteiger partial charge is 0.303 e. The standard InChI is InChI=1S/C13H23N3O5/c1-7(2)6-10(15-8(3)17)13(21)16-9(12(14)20)4-5-11(18)19/h7,9-10H,4-6H2,1-3H3,(H2,14,20)(H,15,17)(H,16,21)(H,18,19)/t9-,10-/m0/s1. The van der Waals surface area contributed by atoms with Gasteiger partial charge in [-0.05, 0) is 18.8 Å². The Balaban J connectivity index is 4.76. The van der Waals surface area contributed by atoms with Gasteiger partial charge in [0.1, 0.15) is 12.1 Å². The second kappa shape index (κ2) is 8.93. The lowest BCUT2D eigenvalue weighted by Gasteiger charge is -2.22. The van der Waals surface area contributed by atoms with E-state index in [2.05, 4.69) is 10.6 Å². The van der Waals surface area contributed by atoms with Crippen molar-refractivity contribution in [2.24, 2.45) is 11.7 Å². The van der Waals surface area contributed by atoms with Crippen LogP contribution in [0.3, 0.4) is 0 Å². The average Bonchev–Trinajstić information content (AvgIpc) is 2.31. The summed E-state index contributed by atoms with van der Waals surface area (Å²) in [6.45, 7) is 5.06. The number of carboxylic acids is 1. The summed E-state index contributed by atoms with van der Waals surface area (Å²) in [7, 11) is 0. The van der Waals surface area contributed by atoms with Crippen LogP contribution in [0.15, 0.2) is 0 Å². The molecule has 0 spiro atoms. The van der Waals surface area contributed by atoms with Crippen molar-refractivity contribution in [2.75, 3.05) is 0 Å². The fraction of sp³-hybridized carbons (Fsp3) is 0.692. The molecule has 2 atom stereocenters. The molecule has 0 radical (unpaired) electrons. The molecule has 0 heterocycles. The zero-order valence-corrected chi connectivity index (χ0v) is 12.5. The van der Waals surface area contributed by atoms with E-state index < -0.39 is 29.9 Å². The first kappa shape index (κ1) is 18.9. The minimum Gasteiger partial charge on any atom is -0.481 e. The van der Waals surface area contributed by atoms with Gasteiger partial charge in [-0.15, -0.1) is 0 Å². The van der Waals surface area contributed by atoms with Crippen LogP contribution in [-0.2, 0) is 19.2 Å². The number of carboxylic acid groups (broad SMARTS) is 1. The molecule has 0 saturated heterocycles. The highest BCUT2D eigenvalue weighted by Gasteiger charge is 2.25. The van der Waals surface area contributed by atoms with Crippen molar-refractivity contribution in [2.45, 2.75) is 52.1 Å². The third-order valence-corrected chi connectivity index (χ3v) is 2.71. The SMILES string of the molecule is CC(=O)N[C@@H](CC(C)C)C(=O)N[C@@H](CCC(=O)O)C(N)=O. The molecule has 0 aliphatic rings. The molecule has 0 fully saturated rings. The van der Waals surface area contributed by atoms with Crippen molar-refractivity contribution >= 4 is 23.7 Å². The summed E-state index contributed by atoms with van der Waals surface area (Å²) >= 11 is 0. The van der Waals surface area contributed by atoms with E-state index in [1.165, 1.54) is 6.92 Å². The lowest BCUT2D eigenvalue weighted by Crippen LogP contribution is -2.53. The second-order valence-corrected chi connectivity index (χ2v) is 5.28. The molecule has 5 N–H and O–H groups in total. The van der Waals surface area contributed by atoms with Gasteiger partial charge in [0.25, 0.3) is 0 Å². The van der Waals surface area contributed by atoms with Gasteiger partial charge in [-0.3, -0.25) is 19.2 Å². The molecule has 0 aromatic rings. The van der Waals surface area contributed by atoms with Crippen LogP contribution in [-0.4, -0.2) is 40.9 Å². The fourth-order valence-corrected chi connectivity index (χ4v) is 1.77. The molecule has 0 bridgehead atoms. The largest absolute Gasteiger partial charge is 0.481 e. The van der Waals surface area contributed by atoms with Crippen molar-refractivity contribution in [3.05, 3.63) is 0 Å². The Morgan fingerprint density at radius 3 is 2.05 bits per heavy atom. The van der Waals surface area contributed by atoms with E-state index in [0.717, 1.165) is 0 Å². The van der Waals surface area contributed by atoms with Gasteiger partial charge in [-0.1, -0.05) is 13.8 Å². The number of rotatable bonds is 9. The number of nitrogens with one attached hydrogen (secondary N) is 2. The Kier molecular flexibility index (Phi) is 8.03. The quantitative estimate of drug-likeness (QED) is 0.449. The molecule has 120 valence electrons. The van der Waals surface area contributed by atoms with Crippen LogP contribution in [0.4, 0.5) is 0 Å². The lowest BCUT2D eigenvalue weighted by atomic mass is 10.0. The van der Waals surface area contributed by atoms with Gasteiger partial charge >= 0.3 is 5.97 Å². The Morgan fingerprint density at radius 1 is 1.10 bits per heavy atom. The van der Waals surface area contributed by atoms with Crippen LogP contribution < -0.4 is 16.4 Å². The molecule has 0 unspecified atom stereocenters. The lowest BCUT2D eigenvalue weighted by molar-refractivity contribution is -0.137.